The van der Waals surface area contributed by atoms with Gasteiger partial charge in [-0.15, -0.1) is 0 Å². The first kappa shape index (κ1) is 25.0. The smallest absolute Gasteiger partial charge is 0.0383 e. The zero-order valence-electron chi connectivity index (χ0n) is 10.3. The Balaban J connectivity index is -0.000000240. The predicted molar refractivity (Wildman–Crippen MR) is 82.2 cm³/mol. The molecule has 0 heteroatoms. The van der Waals surface area contributed by atoms with Gasteiger partial charge in [-0.1, -0.05) is 89.0 Å². The standard InChI is InChI=1S/C13H28.3CH4/c1-12(2)10-8-6-7-9-11-13(3,4)5;;;/h12H,6-11H2,1-5H3;3*1H4. The maximum absolute atomic E-state index is 2.33. The Labute approximate surface area is 107 Å². The van der Waals surface area contributed by atoms with Crippen molar-refractivity contribution in [3.63, 3.8) is 0 Å². The molecule has 0 nitrogen and oxygen atoms in total. The molecule has 0 N–H and O–H groups in total. The zero-order chi connectivity index (χ0) is 10.3. The van der Waals surface area contributed by atoms with Crippen LogP contribution in [-0.4, -0.2) is 0 Å². The Morgan fingerprint density at radius 1 is 0.750 bits per heavy atom. The second-order valence-electron chi connectivity index (χ2n) is 5.91. The topological polar surface area (TPSA) is 0 Å². The van der Waals surface area contributed by atoms with Crippen molar-refractivity contribution in [2.45, 2.75) is 95.4 Å². The Hall–Kier alpha value is 0. The highest BCUT2D eigenvalue weighted by molar-refractivity contribution is 4.61. The lowest BCUT2D eigenvalue weighted by Gasteiger charge is -2.17. The van der Waals surface area contributed by atoms with E-state index in [0.717, 1.165) is 5.92 Å². The first-order valence-electron chi connectivity index (χ1n) is 5.92. The third-order valence-electron chi connectivity index (χ3n) is 2.46. The minimum absolute atomic E-state index is 0. The van der Waals surface area contributed by atoms with Gasteiger partial charge in [0.15, 0.2) is 0 Å². The van der Waals surface area contributed by atoms with Crippen LogP contribution in [-0.2, 0) is 0 Å². The summed E-state index contributed by atoms with van der Waals surface area (Å²) in [5, 5.41) is 0. The van der Waals surface area contributed by atoms with Crippen LogP contribution in [0.2, 0.25) is 0 Å². The number of rotatable bonds is 6. The molecule has 0 rings (SSSR count). The van der Waals surface area contributed by atoms with Crippen LogP contribution in [0.4, 0.5) is 0 Å². The van der Waals surface area contributed by atoms with Crippen LogP contribution < -0.4 is 0 Å². The van der Waals surface area contributed by atoms with E-state index in [0.29, 0.717) is 5.41 Å². The van der Waals surface area contributed by atoms with E-state index < -0.39 is 0 Å². The molecule has 0 aliphatic carbocycles. The lowest BCUT2D eigenvalue weighted by Crippen LogP contribution is -2.03. The third kappa shape index (κ3) is 23.7. The van der Waals surface area contributed by atoms with Gasteiger partial charge in [0.05, 0.1) is 0 Å². The Bertz CT molecular complexity index is 106. The molecule has 0 heterocycles. The van der Waals surface area contributed by atoms with Gasteiger partial charge in [-0.3, -0.25) is 0 Å². The molecule has 0 aromatic rings. The van der Waals surface area contributed by atoms with Crippen molar-refractivity contribution in [2.24, 2.45) is 11.3 Å². The fraction of sp³-hybridized carbons (Fsp3) is 1.00. The van der Waals surface area contributed by atoms with Crippen LogP contribution in [0, 0.1) is 11.3 Å². The summed E-state index contributed by atoms with van der Waals surface area (Å²) < 4.78 is 0. The van der Waals surface area contributed by atoms with E-state index >= 15 is 0 Å². The molecule has 0 saturated carbocycles. The summed E-state index contributed by atoms with van der Waals surface area (Å²) in [5.41, 5.74) is 0.540. The van der Waals surface area contributed by atoms with Gasteiger partial charge in [0.2, 0.25) is 0 Å². The first-order valence-corrected chi connectivity index (χ1v) is 5.92. The van der Waals surface area contributed by atoms with Gasteiger partial charge in [0.1, 0.15) is 0 Å². The third-order valence-corrected chi connectivity index (χ3v) is 2.46. The normalized spacial score (nSPS) is 10.1. The Kier molecular flexibility index (Phi) is 20.4. The maximum atomic E-state index is 2.33. The predicted octanol–water partition coefficient (Wildman–Crippen LogP) is 6.94. The van der Waals surface area contributed by atoms with Crippen molar-refractivity contribution in [3.8, 4) is 0 Å². The quantitative estimate of drug-likeness (QED) is 0.435. The Morgan fingerprint density at radius 3 is 1.56 bits per heavy atom. The molecule has 0 radical (unpaired) electrons. The average Bonchev–Trinajstić information content (AvgIpc) is 1.93. The van der Waals surface area contributed by atoms with E-state index in [1.54, 1.807) is 0 Å². The van der Waals surface area contributed by atoms with Crippen molar-refractivity contribution >= 4 is 0 Å². The van der Waals surface area contributed by atoms with Gasteiger partial charge in [0.25, 0.3) is 0 Å². The van der Waals surface area contributed by atoms with Crippen molar-refractivity contribution in [3.05, 3.63) is 0 Å². The number of hydrogen-bond acceptors (Lipinski definition) is 0. The zero-order valence-corrected chi connectivity index (χ0v) is 10.3. The molecule has 0 atom stereocenters. The summed E-state index contributed by atoms with van der Waals surface area (Å²) in [5.74, 6) is 0.891. The fourth-order valence-electron chi connectivity index (χ4n) is 1.56. The van der Waals surface area contributed by atoms with Gasteiger partial charge in [-0.25, -0.2) is 0 Å². The number of unbranched alkanes of at least 4 members (excludes halogenated alkanes) is 3. The van der Waals surface area contributed by atoms with Crippen LogP contribution in [0.5, 0.6) is 0 Å². The van der Waals surface area contributed by atoms with Gasteiger partial charge in [0, 0.05) is 0 Å². The molecule has 0 spiro atoms. The molecule has 104 valence electrons. The minimum Gasteiger partial charge on any atom is -0.0776 e. The first-order chi connectivity index (χ1) is 5.92. The maximum Gasteiger partial charge on any atom is -0.0383 e. The van der Waals surface area contributed by atoms with E-state index in [9.17, 15) is 0 Å². The molecule has 0 unspecified atom stereocenters. The highest BCUT2D eigenvalue weighted by Gasteiger charge is 2.08. The summed E-state index contributed by atoms with van der Waals surface area (Å²) in [7, 11) is 0. The molecular formula is C16H40. The van der Waals surface area contributed by atoms with Crippen molar-refractivity contribution in [1.82, 2.24) is 0 Å². The van der Waals surface area contributed by atoms with Crippen molar-refractivity contribution in [2.75, 3.05) is 0 Å². The lowest BCUT2D eigenvalue weighted by atomic mass is 9.89. The van der Waals surface area contributed by atoms with Gasteiger partial charge in [-0.05, 0) is 17.8 Å². The molecule has 0 aliphatic rings. The second kappa shape index (κ2) is 13.1. The molecule has 0 saturated heterocycles. The summed E-state index contributed by atoms with van der Waals surface area (Å²) in [6, 6.07) is 0. The number of hydrogen-bond donors (Lipinski definition) is 0. The molecule has 0 aromatic carbocycles. The largest absolute Gasteiger partial charge is 0.0776 e. The van der Waals surface area contributed by atoms with Crippen molar-refractivity contribution < 1.29 is 0 Å². The summed E-state index contributed by atoms with van der Waals surface area (Å²) in [6.07, 6.45) is 8.52. The lowest BCUT2D eigenvalue weighted by molar-refractivity contribution is 0.355. The van der Waals surface area contributed by atoms with Crippen molar-refractivity contribution in [1.29, 1.82) is 0 Å². The Morgan fingerprint density at radius 2 is 1.19 bits per heavy atom. The molecule has 0 fully saturated rings. The van der Waals surface area contributed by atoms with Crippen LogP contribution in [0.25, 0.3) is 0 Å². The van der Waals surface area contributed by atoms with Crippen LogP contribution in [0.1, 0.15) is 95.4 Å². The van der Waals surface area contributed by atoms with E-state index in [4.69, 9.17) is 0 Å². The van der Waals surface area contributed by atoms with Gasteiger partial charge < -0.3 is 0 Å². The van der Waals surface area contributed by atoms with E-state index in [2.05, 4.69) is 34.6 Å². The molecule has 0 aliphatic heterocycles. The van der Waals surface area contributed by atoms with E-state index in [-0.39, 0.29) is 22.3 Å². The molecule has 0 aromatic heterocycles. The molecule has 0 bridgehead atoms. The van der Waals surface area contributed by atoms with E-state index in [1.807, 2.05) is 0 Å². The molecule has 16 heavy (non-hydrogen) atoms. The highest BCUT2D eigenvalue weighted by atomic mass is 14.1. The van der Waals surface area contributed by atoms with Crippen LogP contribution in [0.3, 0.4) is 0 Å². The minimum atomic E-state index is 0. The summed E-state index contributed by atoms with van der Waals surface area (Å²) in [4.78, 5) is 0. The SMILES string of the molecule is C.C.C.CC(C)CCCCCCC(C)(C)C. The van der Waals surface area contributed by atoms with Crippen LogP contribution in [0.15, 0.2) is 0 Å². The summed E-state index contributed by atoms with van der Waals surface area (Å²) >= 11 is 0. The van der Waals surface area contributed by atoms with E-state index in [1.165, 1.54) is 38.5 Å². The second-order valence-corrected chi connectivity index (χ2v) is 5.91. The monoisotopic (exact) mass is 232 g/mol. The average molecular weight is 232 g/mol. The summed E-state index contributed by atoms with van der Waals surface area (Å²) in [6.45, 7) is 11.6. The fourth-order valence-corrected chi connectivity index (χ4v) is 1.56. The molecular weight excluding hydrogens is 192 g/mol. The van der Waals surface area contributed by atoms with Crippen LogP contribution >= 0.6 is 0 Å². The highest BCUT2D eigenvalue weighted by Crippen LogP contribution is 2.22. The van der Waals surface area contributed by atoms with Gasteiger partial charge >= 0.3 is 0 Å². The van der Waals surface area contributed by atoms with Gasteiger partial charge in [-0.2, -0.15) is 0 Å². The molecule has 0 amide bonds.